The van der Waals surface area contributed by atoms with Gasteiger partial charge in [-0.2, -0.15) is 0 Å². The zero-order valence-corrected chi connectivity index (χ0v) is 11.3. The van der Waals surface area contributed by atoms with Gasteiger partial charge in [0.1, 0.15) is 11.6 Å². The molecule has 0 aliphatic rings. The van der Waals surface area contributed by atoms with E-state index >= 15 is 0 Å². The van der Waals surface area contributed by atoms with E-state index in [1.165, 1.54) is 12.1 Å². The molecule has 1 aromatic carbocycles. The zero-order chi connectivity index (χ0) is 14.8. The van der Waals surface area contributed by atoms with E-state index in [1.54, 1.807) is 18.5 Å². The Hall–Kier alpha value is -2.62. The quantitative estimate of drug-likeness (QED) is 0.696. The Kier molecular flexibility index (Phi) is 3.44. The summed E-state index contributed by atoms with van der Waals surface area (Å²) in [5, 5.41) is 0. The summed E-state index contributed by atoms with van der Waals surface area (Å²) in [6.07, 6.45) is 3.37. The van der Waals surface area contributed by atoms with Crippen molar-refractivity contribution in [1.29, 1.82) is 0 Å². The normalized spacial score (nSPS) is 10.6. The van der Waals surface area contributed by atoms with Crippen LogP contribution in [-0.4, -0.2) is 9.97 Å². The van der Waals surface area contributed by atoms with Gasteiger partial charge in [-0.1, -0.05) is 6.07 Å². The molecule has 0 unspecified atom stereocenters. The Morgan fingerprint density at radius 2 is 1.71 bits per heavy atom. The minimum atomic E-state index is -0.618. The van der Waals surface area contributed by atoms with Gasteiger partial charge in [0.25, 0.3) is 0 Å². The number of aryl methyl sites for hydroxylation is 1. The summed E-state index contributed by atoms with van der Waals surface area (Å²) in [5.41, 5.74) is 3.40. The van der Waals surface area contributed by atoms with Gasteiger partial charge in [0.05, 0.1) is 11.4 Å². The first kappa shape index (κ1) is 13.4. The second kappa shape index (κ2) is 5.40. The Bertz CT molecular complexity index is 786. The largest absolute Gasteiger partial charge is 0.256 e. The van der Waals surface area contributed by atoms with Crippen molar-refractivity contribution in [1.82, 2.24) is 9.97 Å². The second-order valence-corrected chi connectivity index (χ2v) is 4.72. The average molecular weight is 282 g/mol. The molecule has 0 fully saturated rings. The van der Waals surface area contributed by atoms with Crippen LogP contribution in [0.2, 0.25) is 0 Å². The monoisotopic (exact) mass is 282 g/mol. The van der Waals surface area contributed by atoms with E-state index in [4.69, 9.17) is 0 Å². The van der Waals surface area contributed by atoms with Crippen molar-refractivity contribution in [3.8, 4) is 22.5 Å². The van der Waals surface area contributed by atoms with Gasteiger partial charge in [0.15, 0.2) is 0 Å². The van der Waals surface area contributed by atoms with E-state index in [-0.39, 0.29) is 5.56 Å². The summed E-state index contributed by atoms with van der Waals surface area (Å²) >= 11 is 0. The molecule has 0 amide bonds. The standard InChI is InChI=1S/C17H12F2N2/c1-11-8-17(13-6-5-12(18)9-15(13)19)21-10-14(11)16-4-2-3-7-20-16/h2-10H,1H3. The topological polar surface area (TPSA) is 25.8 Å². The van der Waals surface area contributed by atoms with Crippen LogP contribution < -0.4 is 0 Å². The third-order valence-electron chi connectivity index (χ3n) is 3.26. The molecule has 0 bridgehead atoms. The van der Waals surface area contributed by atoms with E-state index < -0.39 is 11.6 Å². The van der Waals surface area contributed by atoms with Crippen LogP contribution in [-0.2, 0) is 0 Å². The molecule has 0 radical (unpaired) electrons. The van der Waals surface area contributed by atoms with Crippen molar-refractivity contribution < 1.29 is 8.78 Å². The summed E-state index contributed by atoms with van der Waals surface area (Å²) in [6.45, 7) is 1.91. The SMILES string of the molecule is Cc1cc(-c2ccc(F)cc2F)ncc1-c1ccccn1. The fourth-order valence-corrected chi connectivity index (χ4v) is 2.19. The first-order valence-corrected chi connectivity index (χ1v) is 6.48. The van der Waals surface area contributed by atoms with E-state index in [9.17, 15) is 8.78 Å². The maximum atomic E-state index is 13.8. The third-order valence-corrected chi connectivity index (χ3v) is 3.26. The van der Waals surface area contributed by atoms with Crippen molar-refractivity contribution in [2.45, 2.75) is 6.92 Å². The molecular formula is C17H12F2N2. The minimum absolute atomic E-state index is 0.284. The molecule has 3 aromatic rings. The molecule has 2 heterocycles. The van der Waals surface area contributed by atoms with Crippen molar-refractivity contribution in [2.75, 3.05) is 0 Å². The third kappa shape index (κ3) is 2.65. The number of hydrogen-bond acceptors (Lipinski definition) is 2. The average Bonchev–Trinajstić information content (AvgIpc) is 2.48. The van der Waals surface area contributed by atoms with Gasteiger partial charge in [-0.15, -0.1) is 0 Å². The lowest BCUT2D eigenvalue weighted by atomic mass is 10.0. The Balaban J connectivity index is 2.06. The highest BCUT2D eigenvalue weighted by Crippen LogP contribution is 2.26. The van der Waals surface area contributed by atoms with Crippen LogP contribution in [0.15, 0.2) is 54.9 Å². The minimum Gasteiger partial charge on any atom is -0.256 e. The van der Waals surface area contributed by atoms with E-state index in [1.807, 2.05) is 25.1 Å². The molecule has 0 N–H and O–H groups in total. The predicted octanol–water partition coefficient (Wildman–Crippen LogP) is 4.40. The molecule has 0 aliphatic heterocycles. The number of halogens is 2. The van der Waals surface area contributed by atoms with Crippen LogP contribution in [0.1, 0.15) is 5.56 Å². The molecule has 0 spiro atoms. The second-order valence-electron chi connectivity index (χ2n) is 4.72. The van der Waals surface area contributed by atoms with E-state index in [0.29, 0.717) is 5.69 Å². The summed E-state index contributed by atoms with van der Waals surface area (Å²) in [4.78, 5) is 8.55. The summed E-state index contributed by atoms with van der Waals surface area (Å²) in [6, 6.07) is 10.9. The molecule has 3 rings (SSSR count). The summed E-state index contributed by atoms with van der Waals surface area (Å²) < 4.78 is 26.8. The van der Waals surface area contributed by atoms with Gasteiger partial charge >= 0.3 is 0 Å². The highest BCUT2D eigenvalue weighted by Gasteiger charge is 2.10. The molecule has 2 nitrogen and oxygen atoms in total. The van der Waals surface area contributed by atoms with Crippen LogP contribution >= 0.6 is 0 Å². The number of pyridine rings is 2. The molecule has 2 aromatic heterocycles. The van der Waals surface area contributed by atoms with Crippen LogP contribution in [0, 0.1) is 18.6 Å². The van der Waals surface area contributed by atoms with E-state index in [0.717, 1.165) is 22.9 Å². The molecule has 4 heteroatoms. The smallest absolute Gasteiger partial charge is 0.135 e. The fraction of sp³-hybridized carbons (Fsp3) is 0.0588. The molecule has 0 saturated heterocycles. The molecule has 0 aliphatic carbocycles. The highest BCUT2D eigenvalue weighted by atomic mass is 19.1. The predicted molar refractivity (Wildman–Crippen MR) is 77.6 cm³/mol. The zero-order valence-electron chi connectivity index (χ0n) is 11.3. The van der Waals surface area contributed by atoms with Crippen LogP contribution in [0.5, 0.6) is 0 Å². The Labute approximate surface area is 121 Å². The summed E-state index contributed by atoms with van der Waals surface area (Å²) in [5.74, 6) is -1.22. The molecule has 0 saturated carbocycles. The number of hydrogen-bond donors (Lipinski definition) is 0. The van der Waals surface area contributed by atoms with Gasteiger partial charge in [0, 0.05) is 29.6 Å². The van der Waals surface area contributed by atoms with Gasteiger partial charge in [0.2, 0.25) is 0 Å². The molecule has 0 atom stereocenters. The lowest BCUT2D eigenvalue weighted by molar-refractivity contribution is 0.585. The van der Waals surface area contributed by atoms with E-state index in [2.05, 4.69) is 9.97 Å². The van der Waals surface area contributed by atoms with Crippen molar-refractivity contribution in [3.05, 3.63) is 72.1 Å². The number of nitrogens with zero attached hydrogens (tertiary/aromatic N) is 2. The summed E-state index contributed by atoms with van der Waals surface area (Å²) in [7, 11) is 0. The van der Waals surface area contributed by atoms with Gasteiger partial charge in [-0.3, -0.25) is 9.97 Å². The van der Waals surface area contributed by atoms with Crippen LogP contribution in [0.3, 0.4) is 0 Å². The van der Waals surface area contributed by atoms with Gasteiger partial charge in [-0.25, -0.2) is 8.78 Å². The van der Waals surface area contributed by atoms with Crippen LogP contribution in [0.4, 0.5) is 8.78 Å². The maximum absolute atomic E-state index is 13.8. The van der Waals surface area contributed by atoms with Crippen LogP contribution in [0.25, 0.3) is 22.5 Å². The van der Waals surface area contributed by atoms with Crippen molar-refractivity contribution >= 4 is 0 Å². The fourth-order valence-electron chi connectivity index (χ4n) is 2.19. The number of rotatable bonds is 2. The maximum Gasteiger partial charge on any atom is 0.135 e. The molecule has 104 valence electrons. The number of benzene rings is 1. The van der Waals surface area contributed by atoms with Gasteiger partial charge < -0.3 is 0 Å². The van der Waals surface area contributed by atoms with Crippen molar-refractivity contribution in [2.24, 2.45) is 0 Å². The molecular weight excluding hydrogens is 270 g/mol. The number of aromatic nitrogens is 2. The lowest BCUT2D eigenvalue weighted by Crippen LogP contribution is -1.93. The molecule has 21 heavy (non-hydrogen) atoms. The highest BCUT2D eigenvalue weighted by molar-refractivity contribution is 5.68. The van der Waals surface area contributed by atoms with Gasteiger partial charge in [-0.05, 0) is 42.8 Å². The Morgan fingerprint density at radius 3 is 2.38 bits per heavy atom. The van der Waals surface area contributed by atoms with Crippen molar-refractivity contribution in [3.63, 3.8) is 0 Å². The Morgan fingerprint density at radius 1 is 0.857 bits per heavy atom. The first-order valence-electron chi connectivity index (χ1n) is 6.48. The lowest BCUT2D eigenvalue weighted by Gasteiger charge is -2.08. The first-order chi connectivity index (χ1) is 10.1.